The first-order valence-corrected chi connectivity index (χ1v) is 8.73. The standard InChI is InChI=1S/C20H22N4O3/c1-12-11-17-22-13(2)16(14(3)24(17)23-12)9-10-18(25)27-19(20(21)26)15-7-5-4-6-8-15/h4-8,11,19H,9-10H2,1-3H3,(H2,21,26). The van der Waals surface area contributed by atoms with Crippen molar-refractivity contribution in [3.63, 3.8) is 0 Å². The number of benzene rings is 1. The molecule has 3 rings (SSSR count). The van der Waals surface area contributed by atoms with Gasteiger partial charge in [-0.05, 0) is 32.8 Å². The first-order chi connectivity index (χ1) is 12.9. The number of aryl methyl sites for hydroxylation is 3. The average Bonchev–Trinajstić information content (AvgIpc) is 3.00. The van der Waals surface area contributed by atoms with E-state index in [1.807, 2.05) is 32.9 Å². The molecule has 2 N–H and O–H groups in total. The van der Waals surface area contributed by atoms with Crippen molar-refractivity contribution in [2.24, 2.45) is 5.73 Å². The number of rotatable bonds is 6. The first-order valence-electron chi connectivity index (χ1n) is 8.73. The fourth-order valence-corrected chi connectivity index (χ4v) is 3.14. The van der Waals surface area contributed by atoms with E-state index in [0.717, 1.165) is 28.3 Å². The third kappa shape index (κ3) is 3.97. The molecule has 2 heterocycles. The van der Waals surface area contributed by atoms with Gasteiger partial charge in [0.1, 0.15) is 0 Å². The zero-order valence-corrected chi connectivity index (χ0v) is 15.6. The van der Waals surface area contributed by atoms with Crippen LogP contribution in [0.5, 0.6) is 0 Å². The van der Waals surface area contributed by atoms with Gasteiger partial charge in [-0.25, -0.2) is 9.50 Å². The first kappa shape index (κ1) is 18.6. The highest BCUT2D eigenvalue weighted by Gasteiger charge is 2.22. The average molecular weight is 366 g/mol. The number of nitrogens with two attached hydrogens (primary N) is 1. The second-order valence-corrected chi connectivity index (χ2v) is 6.50. The van der Waals surface area contributed by atoms with Gasteiger partial charge in [0.2, 0.25) is 6.10 Å². The van der Waals surface area contributed by atoms with Crippen LogP contribution in [0.25, 0.3) is 5.65 Å². The molecule has 1 unspecified atom stereocenters. The van der Waals surface area contributed by atoms with Gasteiger partial charge < -0.3 is 10.5 Å². The van der Waals surface area contributed by atoms with Gasteiger partial charge in [-0.15, -0.1) is 0 Å². The lowest BCUT2D eigenvalue weighted by atomic mass is 10.1. The fourth-order valence-electron chi connectivity index (χ4n) is 3.14. The Morgan fingerprint density at radius 2 is 1.89 bits per heavy atom. The highest BCUT2D eigenvalue weighted by molar-refractivity contribution is 5.83. The van der Waals surface area contributed by atoms with Crippen molar-refractivity contribution in [3.8, 4) is 0 Å². The molecule has 0 aliphatic rings. The van der Waals surface area contributed by atoms with Crippen LogP contribution >= 0.6 is 0 Å². The third-order valence-electron chi connectivity index (χ3n) is 4.48. The second kappa shape index (κ2) is 7.57. The molecule has 0 saturated carbocycles. The Morgan fingerprint density at radius 1 is 1.19 bits per heavy atom. The van der Waals surface area contributed by atoms with Gasteiger partial charge in [-0.3, -0.25) is 9.59 Å². The van der Waals surface area contributed by atoms with Crippen LogP contribution in [-0.4, -0.2) is 26.5 Å². The SMILES string of the molecule is Cc1cc2nc(C)c(CCC(=O)OC(C(N)=O)c3ccccc3)c(C)n2n1. The van der Waals surface area contributed by atoms with Crippen LogP contribution in [0, 0.1) is 20.8 Å². The molecule has 0 spiro atoms. The summed E-state index contributed by atoms with van der Waals surface area (Å²) in [6.45, 7) is 5.77. The summed E-state index contributed by atoms with van der Waals surface area (Å²) in [6, 6.07) is 10.7. The van der Waals surface area contributed by atoms with Crippen LogP contribution in [0.3, 0.4) is 0 Å². The highest BCUT2D eigenvalue weighted by Crippen LogP contribution is 2.20. The summed E-state index contributed by atoms with van der Waals surface area (Å²) < 4.78 is 7.11. The molecular weight excluding hydrogens is 344 g/mol. The normalized spacial score (nSPS) is 12.1. The molecular formula is C20H22N4O3. The van der Waals surface area contributed by atoms with Gasteiger partial charge in [-0.2, -0.15) is 5.10 Å². The molecule has 0 saturated heterocycles. The van der Waals surface area contributed by atoms with Crippen LogP contribution in [0.2, 0.25) is 0 Å². The van der Waals surface area contributed by atoms with Crippen molar-refractivity contribution in [2.45, 2.75) is 39.7 Å². The van der Waals surface area contributed by atoms with E-state index in [4.69, 9.17) is 10.5 Å². The molecule has 0 radical (unpaired) electrons. The zero-order valence-electron chi connectivity index (χ0n) is 15.6. The van der Waals surface area contributed by atoms with E-state index in [1.165, 1.54) is 0 Å². The number of aromatic nitrogens is 3. The van der Waals surface area contributed by atoms with Gasteiger partial charge in [0.15, 0.2) is 5.65 Å². The molecule has 1 aromatic carbocycles. The lowest BCUT2D eigenvalue weighted by Gasteiger charge is -2.16. The number of ether oxygens (including phenoxy) is 1. The lowest BCUT2D eigenvalue weighted by Crippen LogP contribution is -2.26. The second-order valence-electron chi connectivity index (χ2n) is 6.50. The molecule has 0 aliphatic heterocycles. The minimum absolute atomic E-state index is 0.117. The number of hydrogen-bond acceptors (Lipinski definition) is 5. The number of fused-ring (bicyclic) bond motifs is 1. The van der Waals surface area contributed by atoms with Gasteiger partial charge >= 0.3 is 5.97 Å². The zero-order chi connectivity index (χ0) is 19.6. The van der Waals surface area contributed by atoms with Crippen LogP contribution in [-0.2, 0) is 20.7 Å². The molecule has 0 bridgehead atoms. The molecule has 1 atom stereocenters. The van der Waals surface area contributed by atoms with Crippen LogP contribution in [0.1, 0.15) is 40.7 Å². The summed E-state index contributed by atoms with van der Waals surface area (Å²) in [5.74, 6) is -1.18. The Kier molecular flexibility index (Phi) is 5.21. The maximum Gasteiger partial charge on any atom is 0.307 e. The van der Waals surface area contributed by atoms with Crippen molar-refractivity contribution in [3.05, 3.63) is 64.6 Å². The summed E-state index contributed by atoms with van der Waals surface area (Å²) in [6.07, 6.45) is -0.528. The van der Waals surface area contributed by atoms with Crippen molar-refractivity contribution < 1.29 is 14.3 Å². The van der Waals surface area contributed by atoms with Crippen molar-refractivity contribution in [1.29, 1.82) is 0 Å². The van der Waals surface area contributed by atoms with Crippen molar-refractivity contribution in [2.75, 3.05) is 0 Å². The van der Waals surface area contributed by atoms with E-state index < -0.39 is 18.0 Å². The molecule has 7 heteroatoms. The number of carbonyl (C=O) groups is 2. The minimum Gasteiger partial charge on any atom is -0.447 e. The maximum atomic E-state index is 12.3. The van der Waals surface area contributed by atoms with E-state index in [9.17, 15) is 9.59 Å². The Balaban J connectivity index is 1.73. The van der Waals surface area contributed by atoms with Gasteiger partial charge in [0, 0.05) is 29.4 Å². The van der Waals surface area contributed by atoms with E-state index in [-0.39, 0.29) is 6.42 Å². The number of primary amides is 1. The van der Waals surface area contributed by atoms with Gasteiger partial charge in [0.25, 0.3) is 5.91 Å². The number of amides is 1. The summed E-state index contributed by atoms with van der Waals surface area (Å²) in [5, 5.41) is 4.43. The molecule has 3 aromatic rings. The van der Waals surface area contributed by atoms with E-state index >= 15 is 0 Å². The number of hydrogen-bond donors (Lipinski definition) is 1. The van der Waals surface area contributed by atoms with Gasteiger partial charge in [-0.1, -0.05) is 30.3 Å². The molecule has 140 valence electrons. The van der Waals surface area contributed by atoms with Gasteiger partial charge in [0.05, 0.1) is 5.69 Å². The van der Waals surface area contributed by atoms with Crippen LogP contribution < -0.4 is 5.73 Å². The predicted molar refractivity (Wildman–Crippen MR) is 100.0 cm³/mol. The molecule has 0 fully saturated rings. The predicted octanol–water partition coefficient (Wildman–Crippen LogP) is 2.36. The molecule has 1 amide bonds. The largest absolute Gasteiger partial charge is 0.447 e. The van der Waals surface area contributed by atoms with Crippen LogP contribution in [0.4, 0.5) is 0 Å². The third-order valence-corrected chi connectivity index (χ3v) is 4.48. The summed E-state index contributed by atoms with van der Waals surface area (Å²) in [4.78, 5) is 28.6. The molecule has 2 aromatic heterocycles. The van der Waals surface area contributed by atoms with E-state index in [0.29, 0.717) is 12.0 Å². The Bertz CT molecular complexity index is 995. The summed E-state index contributed by atoms with van der Waals surface area (Å²) >= 11 is 0. The topological polar surface area (TPSA) is 99.6 Å². The van der Waals surface area contributed by atoms with E-state index in [2.05, 4.69) is 10.1 Å². The Hall–Kier alpha value is -3.22. The van der Waals surface area contributed by atoms with E-state index in [1.54, 1.807) is 28.8 Å². The lowest BCUT2D eigenvalue weighted by molar-refractivity contribution is -0.155. The van der Waals surface area contributed by atoms with Crippen LogP contribution in [0.15, 0.2) is 36.4 Å². The highest BCUT2D eigenvalue weighted by atomic mass is 16.5. The fraction of sp³-hybridized carbons (Fsp3) is 0.300. The summed E-state index contributed by atoms with van der Waals surface area (Å²) in [7, 11) is 0. The Morgan fingerprint density at radius 3 is 2.56 bits per heavy atom. The monoisotopic (exact) mass is 366 g/mol. The number of esters is 1. The smallest absolute Gasteiger partial charge is 0.307 e. The number of nitrogens with zero attached hydrogens (tertiary/aromatic N) is 3. The minimum atomic E-state index is -1.09. The Labute approximate surface area is 157 Å². The molecule has 0 aliphatic carbocycles. The van der Waals surface area contributed by atoms with Crippen molar-refractivity contribution >= 4 is 17.5 Å². The van der Waals surface area contributed by atoms with Crippen molar-refractivity contribution in [1.82, 2.24) is 14.6 Å². The molecule has 7 nitrogen and oxygen atoms in total. The maximum absolute atomic E-state index is 12.3. The quantitative estimate of drug-likeness (QED) is 0.675. The summed E-state index contributed by atoms with van der Waals surface area (Å²) in [5.41, 5.74) is 10.4. The number of carbonyl (C=O) groups excluding carboxylic acids is 2. The molecule has 27 heavy (non-hydrogen) atoms.